The average Bonchev–Trinajstić information content (AvgIpc) is 2.98. The summed E-state index contributed by atoms with van der Waals surface area (Å²) in [5.41, 5.74) is 4.52. The number of imidazole rings is 1. The monoisotopic (exact) mass is 348 g/mol. The second-order valence-electron chi connectivity index (χ2n) is 7.22. The molecule has 1 amide bonds. The van der Waals surface area contributed by atoms with Crippen molar-refractivity contribution in [2.75, 3.05) is 11.9 Å². The van der Waals surface area contributed by atoms with E-state index in [1.165, 1.54) is 0 Å². The summed E-state index contributed by atoms with van der Waals surface area (Å²) < 4.78 is 2.29. The highest BCUT2D eigenvalue weighted by Gasteiger charge is 2.21. The molecule has 0 atom stereocenters. The van der Waals surface area contributed by atoms with E-state index in [4.69, 9.17) is 4.98 Å². The van der Waals surface area contributed by atoms with Crippen molar-refractivity contribution in [3.8, 4) is 0 Å². The van der Waals surface area contributed by atoms with Crippen molar-refractivity contribution in [2.24, 2.45) is 0 Å². The third-order valence-corrected chi connectivity index (χ3v) is 5.16. The van der Waals surface area contributed by atoms with Gasteiger partial charge in [0.15, 0.2) is 0 Å². The van der Waals surface area contributed by atoms with Gasteiger partial charge in [0.25, 0.3) is 5.91 Å². The van der Waals surface area contributed by atoms with Crippen LogP contribution in [0.15, 0.2) is 42.5 Å². The number of carbonyl (C=O) groups excluding carboxylic acids is 1. The van der Waals surface area contributed by atoms with Crippen LogP contribution in [0.5, 0.6) is 0 Å². The van der Waals surface area contributed by atoms with Gasteiger partial charge in [0, 0.05) is 30.4 Å². The normalized spacial score (nSPS) is 14.6. The molecule has 2 aromatic carbocycles. The lowest BCUT2D eigenvalue weighted by Gasteiger charge is -2.30. The molecule has 134 valence electrons. The lowest BCUT2D eigenvalue weighted by atomic mass is 10.1. The summed E-state index contributed by atoms with van der Waals surface area (Å²) in [4.78, 5) is 19.8. The van der Waals surface area contributed by atoms with Gasteiger partial charge in [0.1, 0.15) is 5.82 Å². The van der Waals surface area contributed by atoms with Gasteiger partial charge in [-0.1, -0.05) is 18.2 Å². The first-order chi connectivity index (χ1) is 12.5. The Bertz CT molecular complexity index is 973. The van der Waals surface area contributed by atoms with Crippen LogP contribution in [-0.4, -0.2) is 32.9 Å². The second kappa shape index (κ2) is 6.57. The van der Waals surface area contributed by atoms with Gasteiger partial charge in [0.05, 0.1) is 17.6 Å². The third kappa shape index (κ3) is 2.99. The first-order valence-electron chi connectivity index (χ1n) is 9.13. The zero-order chi connectivity index (χ0) is 18.3. The number of benzene rings is 2. The van der Waals surface area contributed by atoms with Crippen LogP contribution in [0.1, 0.15) is 35.6 Å². The smallest absolute Gasteiger partial charge is 0.255 e. The number of aromatic nitrogens is 2. The molecule has 4 rings (SSSR count). The van der Waals surface area contributed by atoms with Gasteiger partial charge in [-0.05, 0) is 50.6 Å². The largest absolute Gasteiger partial charge is 0.326 e. The van der Waals surface area contributed by atoms with E-state index < -0.39 is 0 Å². The van der Waals surface area contributed by atoms with Gasteiger partial charge >= 0.3 is 0 Å². The van der Waals surface area contributed by atoms with Gasteiger partial charge < -0.3 is 9.88 Å². The number of aryl methyl sites for hydroxylation is 1. The highest BCUT2D eigenvalue weighted by molar-refractivity contribution is 6.05. The van der Waals surface area contributed by atoms with Crippen molar-refractivity contribution in [3.63, 3.8) is 0 Å². The van der Waals surface area contributed by atoms with Crippen LogP contribution in [0.2, 0.25) is 0 Å². The number of amides is 1. The van der Waals surface area contributed by atoms with Crippen molar-refractivity contribution in [2.45, 2.75) is 39.9 Å². The summed E-state index contributed by atoms with van der Waals surface area (Å²) in [7, 11) is 0. The molecule has 0 fully saturated rings. The molecule has 1 aliphatic rings. The zero-order valence-corrected chi connectivity index (χ0v) is 15.5. The van der Waals surface area contributed by atoms with Gasteiger partial charge in [-0.25, -0.2) is 4.98 Å². The molecule has 0 unspecified atom stereocenters. The Morgan fingerprint density at radius 3 is 2.73 bits per heavy atom. The van der Waals surface area contributed by atoms with Crippen LogP contribution < -0.4 is 5.32 Å². The minimum absolute atomic E-state index is 0.0857. The van der Waals surface area contributed by atoms with Crippen LogP contribution in [0, 0.1) is 6.92 Å². The molecule has 0 radical (unpaired) electrons. The van der Waals surface area contributed by atoms with E-state index in [-0.39, 0.29) is 5.91 Å². The maximum atomic E-state index is 12.5. The summed E-state index contributed by atoms with van der Waals surface area (Å²) in [6.45, 7) is 9.26. The molecule has 1 aliphatic heterocycles. The van der Waals surface area contributed by atoms with Crippen molar-refractivity contribution >= 4 is 22.6 Å². The lowest BCUT2D eigenvalue weighted by Crippen LogP contribution is -2.38. The molecule has 0 bridgehead atoms. The maximum absolute atomic E-state index is 12.5. The summed E-state index contributed by atoms with van der Waals surface area (Å²) in [5.74, 6) is 1.01. The number of fused-ring (bicyclic) bond motifs is 3. The van der Waals surface area contributed by atoms with Crippen LogP contribution in [0.25, 0.3) is 11.0 Å². The molecule has 0 spiro atoms. The van der Waals surface area contributed by atoms with Crippen molar-refractivity contribution in [1.29, 1.82) is 0 Å². The Balaban J connectivity index is 1.61. The van der Waals surface area contributed by atoms with Gasteiger partial charge in [-0.2, -0.15) is 0 Å². The Labute approximate surface area is 153 Å². The molecule has 0 saturated carbocycles. The van der Waals surface area contributed by atoms with Crippen LogP contribution in [-0.2, 0) is 13.1 Å². The average molecular weight is 348 g/mol. The minimum atomic E-state index is -0.0857. The number of carbonyl (C=O) groups is 1. The Morgan fingerprint density at radius 2 is 1.96 bits per heavy atom. The molecule has 0 saturated heterocycles. The zero-order valence-electron chi connectivity index (χ0n) is 15.5. The van der Waals surface area contributed by atoms with E-state index >= 15 is 0 Å². The first-order valence-corrected chi connectivity index (χ1v) is 9.13. The predicted octanol–water partition coefficient (Wildman–Crippen LogP) is 3.82. The number of hydrogen-bond donors (Lipinski definition) is 1. The molecular formula is C21H24N4O. The maximum Gasteiger partial charge on any atom is 0.255 e. The lowest BCUT2D eigenvalue weighted by molar-refractivity contribution is 0.102. The van der Waals surface area contributed by atoms with Crippen LogP contribution >= 0.6 is 0 Å². The second-order valence-corrected chi connectivity index (χ2v) is 7.22. The third-order valence-electron chi connectivity index (χ3n) is 5.16. The molecule has 0 aliphatic carbocycles. The number of rotatable bonds is 3. The molecule has 3 aromatic rings. The number of anilines is 1. The highest BCUT2D eigenvalue weighted by Crippen LogP contribution is 2.25. The first kappa shape index (κ1) is 16.8. The molecule has 26 heavy (non-hydrogen) atoms. The molecular weight excluding hydrogens is 324 g/mol. The molecule has 5 nitrogen and oxygen atoms in total. The van der Waals surface area contributed by atoms with E-state index in [0.29, 0.717) is 11.6 Å². The fourth-order valence-corrected chi connectivity index (χ4v) is 3.58. The van der Waals surface area contributed by atoms with E-state index in [1.807, 2.05) is 43.3 Å². The fourth-order valence-electron chi connectivity index (χ4n) is 3.58. The van der Waals surface area contributed by atoms with Gasteiger partial charge in [-0.15, -0.1) is 0 Å². The van der Waals surface area contributed by atoms with E-state index in [2.05, 4.69) is 34.7 Å². The van der Waals surface area contributed by atoms with Gasteiger partial charge in [-0.3, -0.25) is 9.69 Å². The summed E-state index contributed by atoms with van der Waals surface area (Å²) >= 11 is 0. The summed E-state index contributed by atoms with van der Waals surface area (Å²) in [6.07, 6.45) is 0. The van der Waals surface area contributed by atoms with Crippen LogP contribution in [0.3, 0.4) is 0 Å². The predicted molar refractivity (Wildman–Crippen MR) is 104 cm³/mol. The van der Waals surface area contributed by atoms with Crippen molar-refractivity contribution < 1.29 is 4.79 Å². The summed E-state index contributed by atoms with van der Waals surface area (Å²) in [5, 5.41) is 3.00. The minimum Gasteiger partial charge on any atom is -0.326 e. The standard InChI is InChI=1S/C21H24N4O/c1-14(2)24-10-11-25-19-9-8-16(12-18(19)23-20(25)13-24)22-21(26)17-7-5-4-6-15(17)3/h4-9,12,14H,10-11,13H2,1-3H3,(H,22,26). The van der Waals surface area contributed by atoms with Gasteiger partial charge in [0.2, 0.25) is 0 Å². The van der Waals surface area contributed by atoms with Crippen molar-refractivity contribution in [1.82, 2.24) is 14.5 Å². The molecule has 2 heterocycles. The quantitative estimate of drug-likeness (QED) is 0.783. The topological polar surface area (TPSA) is 50.2 Å². The Kier molecular flexibility index (Phi) is 4.24. The SMILES string of the molecule is Cc1ccccc1C(=O)Nc1ccc2c(c1)nc1n2CCN(C(C)C)C1. The number of hydrogen-bond acceptors (Lipinski definition) is 3. The van der Waals surface area contributed by atoms with E-state index in [9.17, 15) is 4.79 Å². The molecule has 5 heteroatoms. The Morgan fingerprint density at radius 1 is 1.15 bits per heavy atom. The van der Waals surface area contributed by atoms with E-state index in [1.54, 1.807) is 0 Å². The Hall–Kier alpha value is -2.66. The van der Waals surface area contributed by atoms with Crippen molar-refractivity contribution in [3.05, 3.63) is 59.4 Å². The fraction of sp³-hybridized carbons (Fsp3) is 0.333. The molecule has 1 N–H and O–H groups in total. The van der Waals surface area contributed by atoms with E-state index in [0.717, 1.165) is 47.7 Å². The number of nitrogens with zero attached hydrogens (tertiary/aromatic N) is 3. The summed E-state index contributed by atoms with van der Waals surface area (Å²) in [6, 6.07) is 14.1. The highest BCUT2D eigenvalue weighted by atomic mass is 16.1. The molecule has 1 aromatic heterocycles. The van der Waals surface area contributed by atoms with Crippen LogP contribution in [0.4, 0.5) is 5.69 Å². The number of nitrogens with one attached hydrogen (secondary N) is 1.